The molecule has 2 N–H and O–H groups in total. The van der Waals surface area contributed by atoms with Crippen LogP contribution < -0.4 is 5.32 Å². The fourth-order valence-corrected chi connectivity index (χ4v) is 4.44. The molecule has 2 atom stereocenters. The quantitative estimate of drug-likeness (QED) is 0.305. The van der Waals surface area contributed by atoms with Crippen LogP contribution in [0, 0.1) is 10.1 Å². The number of thiophene rings is 1. The van der Waals surface area contributed by atoms with Crippen molar-refractivity contribution < 1.29 is 33.9 Å². The number of non-ortho nitro benzene ring substituents is 1. The highest BCUT2D eigenvalue weighted by atomic mass is 32.1. The number of carbonyl (C=O) groups is 4. The van der Waals surface area contributed by atoms with E-state index in [0.717, 1.165) is 18.4 Å². The Morgan fingerprint density at radius 2 is 1.94 bits per heavy atom. The van der Waals surface area contributed by atoms with E-state index < -0.39 is 35.0 Å². The number of nitrogens with one attached hydrogen (secondary N) is 1. The predicted molar refractivity (Wildman–Crippen MR) is 124 cm³/mol. The number of anilines is 1. The van der Waals surface area contributed by atoms with E-state index in [1.54, 1.807) is 0 Å². The molecule has 1 aliphatic heterocycles. The summed E-state index contributed by atoms with van der Waals surface area (Å²) in [5.41, 5.74) is 0.459. The van der Waals surface area contributed by atoms with Crippen LogP contribution in [0.1, 0.15) is 21.7 Å². The first-order chi connectivity index (χ1) is 16.1. The van der Waals surface area contributed by atoms with Crippen molar-refractivity contribution in [3.63, 3.8) is 0 Å². The molecule has 2 aromatic rings. The number of carbonyl (C=O) groups excluding carboxylic acids is 3. The van der Waals surface area contributed by atoms with Gasteiger partial charge in [-0.3, -0.25) is 24.6 Å². The number of imide groups is 1. The molecule has 1 fully saturated rings. The summed E-state index contributed by atoms with van der Waals surface area (Å²) in [4.78, 5) is 60.6. The summed E-state index contributed by atoms with van der Waals surface area (Å²) in [5, 5.41) is 22.3. The van der Waals surface area contributed by atoms with Gasteiger partial charge in [-0.2, -0.15) is 12.6 Å². The SMILES string of the molecule is CN(C(=O)O)C(=O)c1ccc(NC(=O)[C@@H]2C[C@H](S)CN2C(=O)OCc2ccc([N+](=O)[O-])cc2)s1. The largest absolute Gasteiger partial charge is 0.465 e. The molecule has 0 spiro atoms. The number of benzene rings is 1. The number of amides is 4. The second-order valence-corrected chi connectivity index (χ2v) is 9.15. The third-order valence-corrected chi connectivity index (χ3v) is 6.34. The van der Waals surface area contributed by atoms with Crippen molar-refractivity contribution in [3.8, 4) is 0 Å². The Balaban J connectivity index is 1.61. The highest BCUT2D eigenvalue weighted by molar-refractivity contribution is 7.81. The number of hydrogen-bond donors (Lipinski definition) is 3. The van der Waals surface area contributed by atoms with Gasteiger partial charge in [0, 0.05) is 31.0 Å². The average Bonchev–Trinajstić information content (AvgIpc) is 3.43. The smallest absolute Gasteiger partial charge is 0.414 e. The Hall–Kier alpha value is -3.65. The van der Waals surface area contributed by atoms with Gasteiger partial charge >= 0.3 is 12.2 Å². The van der Waals surface area contributed by atoms with Crippen LogP contribution in [0.4, 0.5) is 20.3 Å². The Kier molecular flexibility index (Phi) is 7.73. The van der Waals surface area contributed by atoms with Crippen molar-refractivity contribution in [1.29, 1.82) is 0 Å². The minimum Gasteiger partial charge on any atom is -0.465 e. The van der Waals surface area contributed by atoms with Crippen LogP contribution in [0.3, 0.4) is 0 Å². The number of thiol groups is 1. The second kappa shape index (κ2) is 10.5. The van der Waals surface area contributed by atoms with Crippen molar-refractivity contribution in [3.05, 3.63) is 57.0 Å². The van der Waals surface area contributed by atoms with E-state index in [1.165, 1.54) is 41.3 Å². The molecule has 4 amide bonds. The van der Waals surface area contributed by atoms with Gasteiger partial charge in [0.05, 0.1) is 14.8 Å². The summed E-state index contributed by atoms with van der Waals surface area (Å²) < 4.78 is 5.28. The summed E-state index contributed by atoms with van der Waals surface area (Å²) in [7, 11) is 1.12. The van der Waals surface area contributed by atoms with Gasteiger partial charge in [-0.1, -0.05) is 0 Å². The van der Waals surface area contributed by atoms with E-state index in [4.69, 9.17) is 9.84 Å². The van der Waals surface area contributed by atoms with Crippen LogP contribution in [-0.4, -0.2) is 68.7 Å². The number of rotatable bonds is 6. The lowest BCUT2D eigenvalue weighted by Gasteiger charge is -2.23. The molecule has 0 bridgehead atoms. The van der Waals surface area contributed by atoms with Gasteiger partial charge < -0.3 is 15.2 Å². The van der Waals surface area contributed by atoms with Gasteiger partial charge in [0.15, 0.2) is 0 Å². The zero-order chi connectivity index (χ0) is 25.0. The van der Waals surface area contributed by atoms with E-state index >= 15 is 0 Å². The summed E-state index contributed by atoms with van der Waals surface area (Å²) in [6.07, 6.45) is -1.86. The van der Waals surface area contributed by atoms with Crippen LogP contribution in [0.5, 0.6) is 0 Å². The molecule has 1 saturated heterocycles. The van der Waals surface area contributed by atoms with Crippen LogP contribution >= 0.6 is 24.0 Å². The second-order valence-electron chi connectivity index (χ2n) is 7.34. The normalized spacial score (nSPS) is 17.2. The number of nitro groups is 1. The van der Waals surface area contributed by atoms with E-state index in [-0.39, 0.29) is 35.4 Å². The first kappa shape index (κ1) is 25.0. The van der Waals surface area contributed by atoms with Crippen molar-refractivity contribution in [1.82, 2.24) is 9.80 Å². The van der Waals surface area contributed by atoms with Gasteiger partial charge in [0.2, 0.25) is 5.91 Å². The number of ether oxygens (including phenoxy) is 1. The van der Waals surface area contributed by atoms with E-state index in [2.05, 4.69) is 17.9 Å². The molecule has 0 radical (unpaired) electrons. The summed E-state index contributed by atoms with van der Waals surface area (Å²) in [6.45, 7) is 0.0459. The molecule has 0 saturated carbocycles. The Morgan fingerprint density at radius 3 is 2.56 bits per heavy atom. The molecule has 1 aromatic carbocycles. The Bertz CT molecular complexity index is 1120. The third-order valence-electron chi connectivity index (χ3n) is 4.98. The molecule has 180 valence electrons. The van der Waals surface area contributed by atoms with Gasteiger partial charge in [-0.15, -0.1) is 11.3 Å². The fraction of sp³-hybridized carbons (Fsp3) is 0.300. The van der Waals surface area contributed by atoms with Gasteiger partial charge in [-0.05, 0) is 36.2 Å². The maximum atomic E-state index is 12.8. The minimum absolute atomic E-state index is 0.0858. The first-order valence-electron chi connectivity index (χ1n) is 9.83. The minimum atomic E-state index is -1.40. The van der Waals surface area contributed by atoms with Crippen LogP contribution in [0.25, 0.3) is 0 Å². The molecule has 12 nitrogen and oxygen atoms in total. The highest BCUT2D eigenvalue weighted by Crippen LogP contribution is 2.27. The number of nitrogens with zero attached hydrogens (tertiary/aromatic N) is 3. The summed E-state index contributed by atoms with van der Waals surface area (Å²) >= 11 is 5.28. The van der Waals surface area contributed by atoms with E-state index in [0.29, 0.717) is 15.5 Å². The molecule has 1 aromatic heterocycles. The molecule has 1 aliphatic rings. The average molecular weight is 509 g/mol. The molecular formula is C20H20N4O8S2. The molecule has 3 rings (SSSR count). The maximum Gasteiger partial charge on any atom is 0.414 e. The van der Waals surface area contributed by atoms with Crippen LogP contribution in [0.2, 0.25) is 0 Å². The lowest BCUT2D eigenvalue weighted by atomic mass is 10.2. The van der Waals surface area contributed by atoms with Crippen molar-refractivity contribution in [2.75, 3.05) is 18.9 Å². The molecule has 2 heterocycles. The standard InChI is InChI=1S/C20H20N4O8S2/c1-22(19(27)28)18(26)15-6-7-16(34-15)21-17(25)14-8-13(33)9-23(14)20(29)32-10-11-2-4-12(5-3-11)24(30)31/h2-7,13-14,33H,8-10H2,1H3,(H,21,25)(H,27,28)/t13-,14-/m0/s1. The number of hydrogen-bond acceptors (Lipinski definition) is 9. The van der Waals surface area contributed by atoms with Crippen molar-refractivity contribution in [2.24, 2.45) is 0 Å². The summed E-state index contributed by atoms with van der Waals surface area (Å²) in [6, 6.07) is 7.54. The third kappa shape index (κ3) is 5.82. The number of nitro benzene ring substituents is 1. The Labute approximate surface area is 202 Å². The Morgan fingerprint density at radius 1 is 1.26 bits per heavy atom. The predicted octanol–water partition coefficient (Wildman–Crippen LogP) is 3.05. The van der Waals surface area contributed by atoms with E-state index in [1.807, 2.05) is 0 Å². The lowest BCUT2D eigenvalue weighted by molar-refractivity contribution is -0.384. The maximum absolute atomic E-state index is 12.8. The zero-order valence-corrected chi connectivity index (χ0v) is 19.5. The van der Waals surface area contributed by atoms with Crippen molar-refractivity contribution in [2.45, 2.75) is 24.3 Å². The summed E-state index contributed by atoms with van der Waals surface area (Å²) in [5.74, 6) is -1.23. The molecule has 34 heavy (non-hydrogen) atoms. The van der Waals surface area contributed by atoms with Crippen molar-refractivity contribution >= 4 is 58.7 Å². The van der Waals surface area contributed by atoms with E-state index in [9.17, 15) is 29.3 Å². The highest BCUT2D eigenvalue weighted by Gasteiger charge is 2.39. The monoisotopic (exact) mass is 508 g/mol. The molecule has 14 heteroatoms. The molecular weight excluding hydrogens is 488 g/mol. The zero-order valence-electron chi connectivity index (χ0n) is 17.7. The molecule has 0 unspecified atom stereocenters. The van der Waals surface area contributed by atoms with Gasteiger partial charge in [0.1, 0.15) is 12.6 Å². The van der Waals surface area contributed by atoms with Gasteiger partial charge in [0.25, 0.3) is 11.6 Å². The van der Waals surface area contributed by atoms with Crippen LogP contribution in [-0.2, 0) is 16.1 Å². The molecule has 0 aliphatic carbocycles. The first-order valence-corrected chi connectivity index (χ1v) is 11.2. The topological polar surface area (TPSA) is 159 Å². The lowest BCUT2D eigenvalue weighted by Crippen LogP contribution is -2.43. The van der Waals surface area contributed by atoms with Gasteiger partial charge in [-0.25, -0.2) is 14.5 Å². The number of likely N-dealkylation sites (tertiary alicyclic amines) is 1. The number of carboxylic acid groups (broad SMARTS) is 1. The fourth-order valence-electron chi connectivity index (χ4n) is 3.18. The van der Waals surface area contributed by atoms with Crippen LogP contribution in [0.15, 0.2) is 36.4 Å².